The number of thiophene rings is 1. The Hall–Kier alpha value is -1.95. The van der Waals surface area contributed by atoms with Gasteiger partial charge in [0.25, 0.3) is 0 Å². The molecule has 0 aliphatic carbocycles. The van der Waals surface area contributed by atoms with E-state index in [0.717, 1.165) is 23.1 Å². The summed E-state index contributed by atoms with van der Waals surface area (Å²) in [6.07, 6.45) is 0. The lowest BCUT2D eigenvalue weighted by molar-refractivity contribution is 0.249. The van der Waals surface area contributed by atoms with E-state index in [1.807, 2.05) is 24.4 Å². The topological polar surface area (TPSA) is 41.1 Å². The van der Waals surface area contributed by atoms with Crippen molar-refractivity contribution in [3.8, 4) is 0 Å². The van der Waals surface area contributed by atoms with Gasteiger partial charge in [-0.05, 0) is 30.5 Å². The molecule has 2 amide bonds. The van der Waals surface area contributed by atoms with Gasteiger partial charge in [-0.3, -0.25) is 0 Å². The van der Waals surface area contributed by atoms with E-state index < -0.39 is 17.7 Å². The molecule has 0 fully saturated rings. The van der Waals surface area contributed by atoms with Gasteiger partial charge in [-0.25, -0.2) is 13.6 Å². The van der Waals surface area contributed by atoms with Crippen LogP contribution in [-0.2, 0) is 0 Å². The number of nitrogens with one attached hydrogen (secondary N) is 2. The number of hydrogen-bond acceptors (Lipinski definition) is 2. The first kappa shape index (κ1) is 13.5. The van der Waals surface area contributed by atoms with Crippen LogP contribution >= 0.6 is 11.3 Å². The molecule has 0 aliphatic heterocycles. The Morgan fingerprint density at radius 2 is 1.95 bits per heavy atom. The number of urea groups is 1. The highest BCUT2D eigenvalue weighted by molar-refractivity contribution is 7.10. The van der Waals surface area contributed by atoms with Crippen LogP contribution in [0.3, 0.4) is 0 Å². The minimum Gasteiger partial charge on any atom is -0.331 e. The maximum Gasteiger partial charge on any atom is 0.319 e. The van der Waals surface area contributed by atoms with Gasteiger partial charge in [-0.15, -0.1) is 11.3 Å². The van der Waals surface area contributed by atoms with Crippen LogP contribution in [0.25, 0.3) is 0 Å². The maximum atomic E-state index is 13.0. The molecule has 0 aliphatic rings. The third-order valence-corrected chi connectivity index (χ3v) is 3.49. The van der Waals surface area contributed by atoms with Crippen molar-refractivity contribution in [3.63, 3.8) is 0 Å². The largest absolute Gasteiger partial charge is 0.331 e. The van der Waals surface area contributed by atoms with Gasteiger partial charge in [-0.2, -0.15) is 0 Å². The number of amides is 2. The number of carbonyl (C=O) groups is 1. The molecule has 1 aromatic carbocycles. The van der Waals surface area contributed by atoms with Crippen LogP contribution in [0.2, 0.25) is 0 Å². The lowest BCUT2D eigenvalue weighted by atomic mass is 10.3. The Morgan fingerprint density at radius 3 is 2.53 bits per heavy atom. The van der Waals surface area contributed by atoms with E-state index in [-0.39, 0.29) is 11.7 Å². The minimum absolute atomic E-state index is 0.0772. The summed E-state index contributed by atoms with van der Waals surface area (Å²) in [5, 5.41) is 6.99. The molecule has 19 heavy (non-hydrogen) atoms. The summed E-state index contributed by atoms with van der Waals surface area (Å²) in [7, 11) is 0. The third kappa shape index (κ3) is 3.75. The molecular formula is C13H12F2N2OS. The summed E-state index contributed by atoms with van der Waals surface area (Å²) >= 11 is 1.52. The van der Waals surface area contributed by atoms with Crippen molar-refractivity contribution >= 4 is 23.1 Å². The Morgan fingerprint density at radius 1 is 1.26 bits per heavy atom. The van der Waals surface area contributed by atoms with E-state index in [1.165, 1.54) is 11.3 Å². The smallest absolute Gasteiger partial charge is 0.319 e. The van der Waals surface area contributed by atoms with Gasteiger partial charge in [-0.1, -0.05) is 6.07 Å². The lowest BCUT2D eigenvalue weighted by Crippen LogP contribution is -2.30. The fourth-order valence-corrected chi connectivity index (χ4v) is 2.33. The van der Waals surface area contributed by atoms with Gasteiger partial charge in [0.05, 0.1) is 6.04 Å². The monoisotopic (exact) mass is 282 g/mol. The van der Waals surface area contributed by atoms with Crippen molar-refractivity contribution in [3.05, 3.63) is 52.2 Å². The summed E-state index contributed by atoms with van der Waals surface area (Å²) in [4.78, 5) is 12.7. The molecule has 0 radical (unpaired) electrons. The lowest BCUT2D eigenvalue weighted by Gasteiger charge is -2.13. The predicted octanol–water partition coefficient (Wildman–Crippen LogP) is 3.91. The Bertz CT molecular complexity index is 552. The van der Waals surface area contributed by atoms with E-state index >= 15 is 0 Å². The molecule has 2 N–H and O–H groups in total. The van der Waals surface area contributed by atoms with Crippen molar-refractivity contribution < 1.29 is 13.6 Å². The van der Waals surface area contributed by atoms with E-state index in [1.54, 1.807) is 0 Å². The molecule has 1 aromatic heterocycles. The van der Waals surface area contributed by atoms with E-state index in [4.69, 9.17) is 0 Å². The molecule has 0 spiro atoms. The molecular weight excluding hydrogens is 270 g/mol. The first-order valence-electron chi connectivity index (χ1n) is 5.61. The summed E-state index contributed by atoms with van der Waals surface area (Å²) < 4.78 is 25.9. The third-order valence-electron chi connectivity index (χ3n) is 2.44. The highest BCUT2D eigenvalue weighted by Crippen LogP contribution is 2.18. The van der Waals surface area contributed by atoms with Crippen LogP contribution in [0.15, 0.2) is 35.7 Å². The first-order chi connectivity index (χ1) is 9.04. The van der Waals surface area contributed by atoms with E-state index in [2.05, 4.69) is 10.6 Å². The number of anilines is 1. The van der Waals surface area contributed by atoms with Gasteiger partial charge in [0.2, 0.25) is 0 Å². The van der Waals surface area contributed by atoms with Crippen LogP contribution in [0, 0.1) is 11.6 Å². The average molecular weight is 282 g/mol. The highest BCUT2D eigenvalue weighted by atomic mass is 32.1. The minimum atomic E-state index is -0.735. The predicted molar refractivity (Wildman–Crippen MR) is 71.2 cm³/mol. The van der Waals surface area contributed by atoms with Crippen molar-refractivity contribution in [2.24, 2.45) is 0 Å². The molecule has 100 valence electrons. The maximum absolute atomic E-state index is 13.0. The first-order valence-corrected chi connectivity index (χ1v) is 6.49. The number of hydrogen-bond donors (Lipinski definition) is 2. The number of carbonyl (C=O) groups excluding carboxylic acids is 1. The molecule has 1 unspecified atom stereocenters. The zero-order valence-corrected chi connectivity index (χ0v) is 10.9. The van der Waals surface area contributed by atoms with Crippen LogP contribution in [0.4, 0.5) is 19.3 Å². The Balaban J connectivity index is 1.97. The average Bonchev–Trinajstić information content (AvgIpc) is 2.80. The van der Waals surface area contributed by atoms with Crippen molar-refractivity contribution in [2.75, 3.05) is 5.32 Å². The van der Waals surface area contributed by atoms with Crippen LogP contribution in [0.5, 0.6) is 0 Å². The van der Waals surface area contributed by atoms with Gasteiger partial charge in [0, 0.05) is 16.6 Å². The molecule has 1 heterocycles. The fraction of sp³-hybridized carbons (Fsp3) is 0.154. The van der Waals surface area contributed by atoms with Crippen molar-refractivity contribution in [1.82, 2.24) is 5.32 Å². The van der Waals surface area contributed by atoms with Gasteiger partial charge < -0.3 is 10.6 Å². The second kappa shape index (κ2) is 5.79. The van der Waals surface area contributed by atoms with Gasteiger partial charge in [0.15, 0.2) is 0 Å². The standard InChI is InChI=1S/C13H12F2N2OS/c1-8(12-3-2-4-19-12)16-13(18)17-11-6-9(14)5-10(15)7-11/h2-8H,1H3,(H2,16,17,18). The molecule has 2 rings (SSSR count). The molecule has 0 saturated heterocycles. The van der Waals surface area contributed by atoms with Crippen molar-refractivity contribution in [1.29, 1.82) is 0 Å². The summed E-state index contributed by atoms with van der Waals surface area (Å²) in [5.41, 5.74) is 0.0772. The van der Waals surface area contributed by atoms with Crippen LogP contribution < -0.4 is 10.6 Å². The number of benzene rings is 1. The van der Waals surface area contributed by atoms with Gasteiger partial charge in [0.1, 0.15) is 11.6 Å². The Kier molecular flexibility index (Phi) is 4.11. The molecule has 0 saturated carbocycles. The second-order valence-corrected chi connectivity index (χ2v) is 4.97. The fourth-order valence-electron chi connectivity index (χ4n) is 1.60. The molecule has 3 nitrogen and oxygen atoms in total. The number of halogens is 2. The number of rotatable bonds is 3. The van der Waals surface area contributed by atoms with Gasteiger partial charge >= 0.3 is 6.03 Å². The zero-order chi connectivity index (χ0) is 13.8. The second-order valence-electron chi connectivity index (χ2n) is 3.99. The SMILES string of the molecule is CC(NC(=O)Nc1cc(F)cc(F)c1)c1cccs1. The molecule has 1 atom stereocenters. The van der Waals surface area contributed by atoms with Crippen LogP contribution in [-0.4, -0.2) is 6.03 Å². The summed E-state index contributed by atoms with van der Waals surface area (Å²) in [6.45, 7) is 1.83. The van der Waals surface area contributed by atoms with Crippen LogP contribution in [0.1, 0.15) is 17.8 Å². The zero-order valence-electron chi connectivity index (χ0n) is 10.1. The summed E-state index contributed by atoms with van der Waals surface area (Å²) in [6, 6.07) is 5.97. The van der Waals surface area contributed by atoms with E-state index in [9.17, 15) is 13.6 Å². The Labute approximate surface area is 113 Å². The summed E-state index contributed by atoms with van der Waals surface area (Å²) in [5.74, 6) is -1.47. The molecule has 0 bridgehead atoms. The molecule has 2 aromatic rings. The highest BCUT2D eigenvalue weighted by Gasteiger charge is 2.11. The normalized spacial score (nSPS) is 11.9. The molecule has 6 heteroatoms. The van der Waals surface area contributed by atoms with Crippen molar-refractivity contribution in [2.45, 2.75) is 13.0 Å². The quantitative estimate of drug-likeness (QED) is 0.880. The van der Waals surface area contributed by atoms with E-state index in [0.29, 0.717) is 0 Å².